The number of carboxylic acids is 1. The molecule has 2 rings (SSSR count). The molecule has 0 fully saturated rings. The zero-order chi connectivity index (χ0) is 17.7. The van der Waals surface area contributed by atoms with Gasteiger partial charge in [-0.25, -0.2) is 4.79 Å². The van der Waals surface area contributed by atoms with Gasteiger partial charge < -0.3 is 10.4 Å². The molecule has 2 aromatic rings. The molecule has 126 valence electrons. The third kappa shape index (κ3) is 5.03. The number of rotatable bonds is 6. The number of benzene rings is 2. The third-order valence-corrected chi connectivity index (χ3v) is 4.85. The highest BCUT2D eigenvalue weighted by Crippen LogP contribution is 2.14. The molecular formula is C18H19NO4S. The van der Waals surface area contributed by atoms with E-state index in [0.717, 1.165) is 16.7 Å². The van der Waals surface area contributed by atoms with Crippen molar-refractivity contribution < 1.29 is 18.9 Å². The monoisotopic (exact) mass is 345 g/mol. The van der Waals surface area contributed by atoms with Crippen LogP contribution in [0.2, 0.25) is 0 Å². The van der Waals surface area contributed by atoms with Crippen LogP contribution in [0.15, 0.2) is 42.5 Å². The molecule has 0 aliphatic carbocycles. The molecule has 5 nitrogen and oxygen atoms in total. The predicted molar refractivity (Wildman–Crippen MR) is 94.7 cm³/mol. The number of hydrogen-bond acceptors (Lipinski definition) is 3. The summed E-state index contributed by atoms with van der Waals surface area (Å²) < 4.78 is 12.1. The topological polar surface area (TPSA) is 83.5 Å². The molecule has 2 aromatic carbocycles. The van der Waals surface area contributed by atoms with Gasteiger partial charge in [-0.15, -0.1) is 0 Å². The van der Waals surface area contributed by atoms with E-state index in [-0.39, 0.29) is 23.0 Å². The lowest BCUT2D eigenvalue weighted by molar-refractivity contribution is -0.113. The van der Waals surface area contributed by atoms with E-state index in [1.54, 1.807) is 12.1 Å². The number of carbonyl (C=O) groups excluding carboxylic acids is 1. The van der Waals surface area contributed by atoms with Crippen LogP contribution in [0.3, 0.4) is 0 Å². The summed E-state index contributed by atoms with van der Waals surface area (Å²) in [5.74, 6) is -1.21. The number of hydrogen-bond donors (Lipinski definition) is 2. The minimum atomic E-state index is -1.36. The van der Waals surface area contributed by atoms with E-state index in [2.05, 4.69) is 5.32 Å². The highest BCUT2D eigenvalue weighted by molar-refractivity contribution is 7.84. The van der Waals surface area contributed by atoms with Gasteiger partial charge in [0, 0.05) is 22.2 Å². The second-order valence-electron chi connectivity index (χ2n) is 5.58. The Morgan fingerprint density at radius 2 is 1.71 bits per heavy atom. The molecule has 0 aliphatic rings. The average Bonchev–Trinajstić information content (AvgIpc) is 2.51. The smallest absolute Gasteiger partial charge is 0.335 e. The van der Waals surface area contributed by atoms with Crippen LogP contribution in [-0.2, 0) is 21.3 Å². The summed E-state index contributed by atoms with van der Waals surface area (Å²) in [5.41, 5.74) is 3.81. The van der Waals surface area contributed by atoms with Gasteiger partial charge in [0.25, 0.3) is 0 Å². The first-order valence-electron chi connectivity index (χ1n) is 7.39. The van der Waals surface area contributed by atoms with Gasteiger partial charge in [0.05, 0.1) is 5.56 Å². The number of nitrogens with one attached hydrogen (secondary N) is 1. The molecule has 0 spiro atoms. The fourth-order valence-electron chi connectivity index (χ4n) is 2.14. The maximum absolute atomic E-state index is 12.1. The number of anilines is 1. The van der Waals surface area contributed by atoms with Gasteiger partial charge in [0.2, 0.25) is 5.91 Å². The lowest BCUT2D eigenvalue weighted by atomic mass is 10.1. The molecule has 24 heavy (non-hydrogen) atoms. The Balaban J connectivity index is 1.90. The molecule has 1 atom stereocenters. The Kier molecular flexibility index (Phi) is 5.87. The van der Waals surface area contributed by atoms with E-state index >= 15 is 0 Å². The molecule has 0 aliphatic heterocycles. The zero-order valence-electron chi connectivity index (χ0n) is 13.5. The van der Waals surface area contributed by atoms with Crippen LogP contribution in [0.5, 0.6) is 0 Å². The van der Waals surface area contributed by atoms with Crippen LogP contribution >= 0.6 is 0 Å². The third-order valence-electron chi connectivity index (χ3n) is 3.61. The molecule has 0 saturated heterocycles. The molecule has 0 saturated carbocycles. The van der Waals surface area contributed by atoms with Gasteiger partial charge >= 0.3 is 5.97 Å². The predicted octanol–water partition coefficient (Wildman–Crippen LogP) is 2.89. The van der Waals surface area contributed by atoms with E-state index in [0.29, 0.717) is 5.69 Å². The van der Waals surface area contributed by atoms with Gasteiger partial charge in [-0.1, -0.05) is 18.2 Å². The van der Waals surface area contributed by atoms with Crippen molar-refractivity contribution in [2.45, 2.75) is 19.6 Å². The molecule has 2 N–H and O–H groups in total. The van der Waals surface area contributed by atoms with E-state index in [1.807, 2.05) is 32.0 Å². The number of carboxylic acid groups (broad SMARTS) is 1. The van der Waals surface area contributed by atoms with Crippen LogP contribution in [0.25, 0.3) is 0 Å². The highest BCUT2D eigenvalue weighted by Gasteiger charge is 2.10. The summed E-state index contributed by atoms with van der Waals surface area (Å²) in [6.07, 6.45) is 0. The Hall–Kier alpha value is -2.47. The minimum Gasteiger partial charge on any atom is -0.478 e. The van der Waals surface area contributed by atoms with Crippen molar-refractivity contribution in [1.29, 1.82) is 0 Å². The SMILES string of the molecule is Cc1ccc(NC(=O)CS(=O)Cc2ccc(C(=O)O)cc2)cc1C. The van der Waals surface area contributed by atoms with Crippen molar-refractivity contribution in [1.82, 2.24) is 0 Å². The molecule has 0 heterocycles. The van der Waals surface area contributed by atoms with Crippen molar-refractivity contribution in [3.63, 3.8) is 0 Å². The molecular weight excluding hydrogens is 326 g/mol. The lowest BCUT2D eigenvalue weighted by Crippen LogP contribution is -2.20. The maximum atomic E-state index is 12.1. The van der Waals surface area contributed by atoms with Crippen LogP contribution < -0.4 is 5.32 Å². The van der Waals surface area contributed by atoms with Gasteiger partial charge in [0.15, 0.2) is 0 Å². The fourth-order valence-corrected chi connectivity index (χ4v) is 3.17. The van der Waals surface area contributed by atoms with Crippen LogP contribution in [0.1, 0.15) is 27.0 Å². The molecule has 1 unspecified atom stereocenters. The van der Waals surface area contributed by atoms with Crippen LogP contribution in [-0.4, -0.2) is 26.9 Å². The van der Waals surface area contributed by atoms with Gasteiger partial charge in [-0.05, 0) is 54.8 Å². The number of carbonyl (C=O) groups is 2. The number of aromatic carboxylic acids is 1. The van der Waals surface area contributed by atoms with E-state index < -0.39 is 16.8 Å². The molecule has 1 amide bonds. The van der Waals surface area contributed by atoms with Crippen LogP contribution in [0, 0.1) is 13.8 Å². The fraction of sp³-hybridized carbons (Fsp3) is 0.222. The van der Waals surface area contributed by atoms with Crippen LogP contribution in [0.4, 0.5) is 5.69 Å². The van der Waals surface area contributed by atoms with Gasteiger partial charge in [-0.3, -0.25) is 9.00 Å². The molecule has 0 radical (unpaired) electrons. The number of amides is 1. The first kappa shape index (κ1) is 17.9. The summed E-state index contributed by atoms with van der Waals surface area (Å²) in [7, 11) is -1.36. The first-order chi connectivity index (χ1) is 11.3. The average molecular weight is 345 g/mol. The molecule has 0 bridgehead atoms. The zero-order valence-corrected chi connectivity index (χ0v) is 14.4. The summed E-state index contributed by atoms with van der Waals surface area (Å²) in [5, 5.41) is 11.6. The summed E-state index contributed by atoms with van der Waals surface area (Å²) >= 11 is 0. The summed E-state index contributed by atoms with van der Waals surface area (Å²) in [6.45, 7) is 3.95. The molecule has 0 aromatic heterocycles. The standard InChI is InChI=1S/C18H19NO4S/c1-12-3-8-16(9-13(12)2)19-17(20)11-24(23)10-14-4-6-15(7-5-14)18(21)22/h3-9H,10-11H2,1-2H3,(H,19,20)(H,21,22). The summed E-state index contributed by atoms with van der Waals surface area (Å²) in [6, 6.07) is 11.8. The molecule has 6 heteroatoms. The van der Waals surface area contributed by atoms with Gasteiger partial charge in [0.1, 0.15) is 5.75 Å². The quantitative estimate of drug-likeness (QED) is 0.843. The number of aryl methyl sites for hydroxylation is 2. The normalized spacial score (nSPS) is 11.8. The Morgan fingerprint density at radius 3 is 2.29 bits per heavy atom. The van der Waals surface area contributed by atoms with Crippen molar-refractivity contribution in [2.24, 2.45) is 0 Å². The largest absolute Gasteiger partial charge is 0.478 e. The van der Waals surface area contributed by atoms with Crippen molar-refractivity contribution in [3.05, 3.63) is 64.7 Å². The van der Waals surface area contributed by atoms with E-state index in [9.17, 15) is 13.8 Å². The Labute approximate surface area is 143 Å². The second kappa shape index (κ2) is 7.88. The lowest BCUT2D eigenvalue weighted by Gasteiger charge is -2.08. The Bertz CT molecular complexity index is 784. The Morgan fingerprint density at radius 1 is 1.04 bits per heavy atom. The maximum Gasteiger partial charge on any atom is 0.335 e. The van der Waals surface area contributed by atoms with Crippen molar-refractivity contribution in [3.8, 4) is 0 Å². The van der Waals surface area contributed by atoms with E-state index in [4.69, 9.17) is 5.11 Å². The van der Waals surface area contributed by atoms with Gasteiger partial charge in [-0.2, -0.15) is 0 Å². The summed E-state index contributed by atoms with van der Waals surface area (Å²) in [4.78, 5) is 22.8. The minimum absolute atomic E-state index is 0.104. The second-order valence-corrected chi connectivity index (χ2v) is 7.03. The van der Waals surface area contributed by atoms with Crippen molar-refractivity contribution >= 4 is 28.4 Å². The highest BCUT2D eigenvalue weighted by atomic mass is 32.2. The first-order valence-corrected chi connectivity index (χ1v) is 8.88. The van der Waals surface area contributed by atoms with Crippen molar-refractivity contribution in [2.75, 3.05) is 11.1 Å². The van der Waals surface area contributed by atoms with E-state index in [1.165, 1.54) is 12.1 Å².